The molecule has 1 aromatic carbocycles. The summed E-state index contributed by atoms with van der Waals surface area (Å²) in [6, 6.07) is 6.38. The number of nitrogens with zero attached hydrogens (tertiary/aromatic N) is 2. The summed E-state index contributed by atoms with van der Waals surface area (Å²) in [6.07, 6.45) is -2.33. The van der Waals surface area contributed by atoms with Crippen LogP contribution in [0.15, 0.2) is 36.5 Å². The second kappa shape index (κ2) is 5.48. The number of carbonyl (C=O) groups is 1. The number of hydrogen-bond acceptors (Lipinski definition) is 2. The van der Waals surface area contributed by atoms with Gasteiger partial charge in [0.2, 0.25) is 0 Å². The van der Waals surface area contributed by atoms with Gasteiger partial charge < -0.3 is 0 Å². The number of Topliss-reactive ketones (excluding diaryl/α,β-unsaturated/α-hetero) is 1. The summed E-state index contributed by atoms with van der Waals surface area (Å²) in [5.74, 6) is -0.0801. The van der Waals surface area contributed by atoms with Gasteiger partial charge in [0.25, 0.3) is 0 Å². The van der Waals surface area contributed by atoms with Crippen molar-refractivity contribution in [2.75, 3.05) is 0 Å². The molecule has 1 heterocycles. The van der Waals surface area contributed by atoms with Crippen LogP contribution >= 0.6 is 0 Å². The average Bonchev–Trinajstić information content (AvgIpc) is 2.74. The van der Waals surface area contributed by atoms with Gasteiger partial charge in [-0.3, -0.25) is 9.48 Å². The van der Waals surface area contributed by atoms with E-state index in [0.29, 0.717) is 11.3 Å². The molecule has 106 valence electrons. The molecule has 2 rings (SSSR count). The van der Waals surface area contributed by atoms with Crippen LogP contribution in [0.1, 0.15) is 16.8 Å². The van der Waals surface area contributed by atoms with Gasteiger partial charge in [-0.15, -0.1) is 0 Å². The summed E-state index contributed by atoms with van der Waals surface area (Å²) in [6.45, 7) is 0. The summed E-state index contributed by atoms with van der Waals surface area (Å²) in [5, 5.41) is 4.09. The first-order valence-corrected chi connectivity index (χ1v) is 6.01. The topological polar surface area (TPSA) is 34.9 Å². The molecule has 2 aromatic rings. The maximum Gasteiger partial charge on any atom is 0.416 e. The van der Waals surface area contributed by atoms with Crippen molar-refractivity contribution in [2.24, 2.45) is 7.05 Å². The fraction of sp³-hybridized carbons (Fsp3) is 0.286. The molecule has 0 amide bonds. The Hall–Kier alpha value is -2.11. The molecule has 0 atom stereocenters. The second-order valence-electron chi connectivity index (χ2n) is 4.57. The van der Waals surface area contributed by atoms with E-state index in [1.54, 1.807) is 24.0 Å². The SMILES string of the molecule is Cn1ccc(CC(=O)Cc2ccc(C(F)(F)F)cc2)n1. The van der Waals surface area contributed by atoms with E-state index in [9.17, 15) is 18.0 Å². The fourth-order valence-electron chi connectivity index (χ4n) is 1.86. The predicted molar refractivity (Wildman–Crippen MR) is 67.1 cm³/mol. The first kappa shape index (κ1) is 14.3. The van der Waals surface area contributed by atoms with Gasteiger partial charge in [-0.1, -0.05) is 12.1 Å². The molecule has 0 unspecified atom stereocenters. The van der Waals surface area contributed by atoms with Crippen molar-refractivity contribution in [1.29, 1.82) is 0 Å². The monoisotopic (exact) mass is 282 g/mol. The molecule has 0 saturated carbocycles. The molecule has 0 radical (unpaired) electrons. The number of aryl methyl sites for hydroxylation is 1. The standard InChI is InChI=1S/C14H13F3N2O/c1-19-7-6-12(18-19)9-13(20)8-10-2-4-11(5-3-10)14(15,16)17/h2-7H,8-9H2,1H3. The Bertz CT molecular complexity index is 600. The van der Waals surface area contributed by atoms with Crippen LogP contribution in [0.4, 0.5) is 13.2 Å². The van der Waals surface area contributed by atoms with Gasteiger partial charge in [0.1, 0.15) is 5.78 Å². The van der Waals surface area contributed by atoms with Gasteiger partial charge >= 0.3 is 6.18 Å². The Balaban J connectivity index is 1.98. The molecule has 0 fully saturated rings. The highest BCUT2D eigenvalue weighted by Crippen LogP contribution is 2.29. The molecule has 1 aromatic heterocycles. The molecule has 0 aliphatic carbocycles. The van der Waals surface area contributed by atoms with Crippen LogP contribution in [-0.2, 0) is 30.9 Å². The lowest BCUT2D eigenvalue weighted by atomic mass is 10.0. The fourth-order valence-corrected chi connectivity index (χ4v) is 1.86. The van der Waals surface area contributed by atoms with E-state index < -0.39 is 11.7 Å². The number of carbonyl (C=O) groups excluding carboxylic acids is 1. The van der Waals surface area contributed by atoms with E-state index in [-0.39, 0.29) is 18.6 Å². The lowest BCUT2D eigenvalue weighted by Crippen LogP contribution is -2.08. The Labute approximate surface area is 114 Å². The van der Waals surface area contributed by atoms with Gasteiger partial charge in [-0.05, 0) is 23.8 Å². The molecule has 0 N–H and O–H groups in total. The third kappa shape index (κ3) is 3.69. The Morgan fingerprint density at radius 3 is 2.30 bits per heavy atom. The summed E-state index contributed by atoms with van der Waals surface area (Å²) < 4.78 is 38.8. The van der Waals surface area contributed by atoms with Crippen molar-refractivity contribution in [3.05, 3.63) is 53.3 Å². The minimum atomic E-state index is -4.35. The molecule has 0 bridgehead atoms. The van der Waals surface area contributed by atoms with Crippen LogP contribution in [-0.4, -0.2) is 15.6 Å². The second-order valence-corrected chi connectivity index (χ2v) is 4.57. The number of hydrogen-bond donors (Lipinski definition) is 0. The van der Waals surface area contributed by atoms with Gasteiger partial charge in [-0.25, -0.2) is 0 Å². The average molecular weight is 282 g/mol. The lowest BCUT2D eigenvalue weighted by Gasteiger charge is -2.07. The maximum absolute atomic E-state index is 12.4. The summed E-state index contributed by atoms with van der Waals surface area (Å²) in [5.41, 5.74) is 0.516. The zero-order chi connectivity index (χ0) is 14.8. The Morgan fingerprint density at radius 1 is 1.15 bits per heavy atom. The van der Waals surface area contributed by atoms with E-state index in [2.05, 4.69) is 5.10 Å². The summed E-state index contributed by atoms with van der Waals surface area (Å²) in [7, 11) is 1.75. The van der Waals surface area contributed by atoms with E-state index in [1.807, 2.05) is 0 Å². The highest BCUT2D eigenvalue weighted by atomic mass is 19.4. The number of benzene rings is 1. The van der Waals surface area contributed by atoms with Crippen LogP contribution in [0.2, 0.25) is 0 Å². The van der Waals surface area contributed by atoms with Crippen LogP contribution in [0, 0.1) is 0 Å². The zero-order valence-electron chi connectivity index (χ0n) is 10.8. The van der Waals surface area contributed by atoms with Crippen molar-refractivity contribution in [3.63, 3.8) is 0 Å². The van der Waals surface area contributed by atoms with E-state index in [0.717, 1.165) is 12.1 Å². The van der Waals surface area contributed by atoms with Gasteiger partial charge in [0.15, 0.2) is 0 Å². The van der Waals surface area contributed by atoms with Gasteiger partial charge in [0.05, 0.1) is 17.7 Å². The molecule has 20 heavy (non-hydrogen) atoms. The molecular weight excluding hydrogens is 269 g/mol. The highest BCUT2D eigenvalue weighted by molar-refractivity contribution is 5.82. The highest BCUT2D eigenvalue weighted by Gasteiger charge is 2.29. The number of rotatable bonds is 4. The van der Waals surface area contributed by atoms with Crippen LogP contribution in [0.25, 0.3) is 0 Å². The smallest absolute Gasteiger partial charge is 0.299 e. The van der Waals surface area contributed by atoms with E-state index >= 15 is 0 Å². The first-order valence-electron chi connectivity index (χ1n) is 6.01. The Morgan fingerprint density at radius 2 is 1.80 bits per heavy atom. The summed E-state index contributed by atoms with van der Waals surface area (Å²) in [4.78, 5) is 11.8. The van der Waals surface area contributed by atoms with Crippen LogP contribution in [0.5, 0.6) is 0 Å². The van der Waals surface area contributed by atoms with Gasteiger partial charge in [0, 0.05) is 19.7 Å². The molecule has 0 spiro atoms. The maximum atomic E-state index is 12.4. The van der Waals surface area contributed by atoms with Crippen molar-refractivity contribution >= 4 is 5.78 Å². The van der Waals surface area contributed by atoms with Crippen molar-refractivity contribution in [1.82, 2.24) is 9.78 Å². The minimum Gasteiger partial charge on any atom is -0.299 e. The zero-order valence-corrected chi connectivity index (χ0v) is 10.8. The van der Waals surface area contributed by atoms with Gasteiger partial charge in [-0.2, -0.15) is 18.3 Å². The molecular formula is C14H13F3N2O. The van der Waals surface area contributed by atoms with Crippen LogP contribution in [0.3, 0.4) is 0 Å². The van der Waals surface area contributed by atoms with Crippen molar-refractivity contribution in [3.8, 4) is 0 Å². The lowest BCUT2D eigenvalue weighted by molar-refractivity contribution is -0.137. The largest absolute Gasteiger partial charge is 0.416 e. The number of aromatic nitrogens is 2. The normalized spacial score (nSPS) is 11.6. The molecule has 0 aliphatic rings. The Kier molecular flexibility index (Phi) is 3.92. The third-order valence-electron chi connectivity index (χ3n) is 2.83. The van der Waals surface area contributed by atoms with Crippen molar-refractivity contribution in [2.45, 2.75) is 19.0 Å². The molecule has 0 aliphatic heterocycles. The third-order valence-corrected chi connectivity index (χ3v) is 2.83. The molecule has 0 saturated heterocycles. The van der Waals surface area contributed by atoms with E-state index in [1.165, 1.54) is 12.1 Å². The predicted octanol–water partition coefficient (Wildman–Crippen LogP) is 2.79. The number of halogens is 3. The quantitative estimate of drug-likeness (QED) is 0.864. The number of alkyl halides is 3. The first-order chi connectivity index (χ1) is 9.34. The van der Waals surface area contributed by atoms with Crippen LogP contribution < -0.4 is 0 Å². The molecule has 3 nitrogen and oxygen atoms in total. The summed E-state index contributed by atoms with van der Waals surface area (Å²) >= 11 is 0. The number of ketones is 1. The van der Waals surface area contributed by atoms with E-state index in [4.69, 9.17) is 0 Å². The van der Waals surface area contributed by atoms with Crippen molar-refractivity contribution < 1.29 is 18.0 Å². The minimum absolute atomic E-state index is 0.0801. The molecule has 6 heteroatoms.